The van der Waals surface area contributed by atoms with Crippen molar-refractivity contribution >= 4 is 0 Å². The van der Waals surface area contributed by atoms with Gasteiger partial charge in [0.1, 0.15) is 23.0 Å². The SMILES string of the molecule is COc1ccc(CCc2cccc(Oc3cc(CCc4ccc(OC)cc4)c(OC)cc3OC)c2)cc1. The first-order valence-electron chi connectivity index (χ1n) is 12.4. The van der Waals surface area contributed by atoms with Crippen molar-refractivity contribution in [1.29, 1.82) is 0 Å². The topological polar surface area (TPSA) is 46.2 Å². The van der Waals surface area contributed by atoms with E-state index in [2.05, 4.69) is 36.4 Å². The zero-order valence-corrected chi connectivity index (χ0v) is 22.0. The van der Waals surface area contributed by atoms with E-state index in [1.54, 1.807) is 28.4 Å². The summed E-state index contributed by atoms with van der Waals surface area (Å²) in [5.74, 6) is 4.58. The molecule has 0 fully saturated rings. The van der Waals surface area contributed by atoms with Crippen LogP contribution in [0, 0.1) is 0 Å². The lowest BCUT2D eigenvalue weighted by molar-refractivity contribution is 0.366. The van der Waals surface area contributed by atoms with Crippen LogP contribution in [-0.2, 0) is 25.7 Å². The Balaban J connectivity index is 1.48. The Morgan fingerprint density at radius 2 is 1.00 bits per heavy atom. The minimum atomic E-state index is 0.633. The average Bonchev–Trinajstić information content (AvgIpc) is 2.95. The second kappa shape index (κ2) is 12.7. The van der Waals surface area contributed by atoms with Gasteiger partial charge in [0.05, 0.1) is 28.4 Å². The molecule has 5 nitrogen and oxygen atoms in total. The first kappa shape index (κ1) is 26.0. The van der Waals surface area contributed by atoms with E-state index in [9.17, 15) is 0 Å². The molecule has 0 radical (unpaired) electrons. The van der Waals surface area contributed by atoms with Crippen LogP contribution in [0.15, 0.2) is 84.9 Å². The molecule has 0 amide bonds. The Labute approximate surface area is 219 Å². The number of rotatable bonds is 12. The summed E-state index contributed by atoms with van der Waals surface area (Å²) in [5.41, 5.74) is 4.77. The number of benzene rings is 4. The Hall–Kier alpha value is -4.12. The van der Waals surface area contributed by atoms with Crippen LogP contribution in [0.5, 0.6) is 34.5 Å². The van der Waals surface area contributed by atoms with Crippen LogP contribution in [-0.4, -0.2) is 28.4 Å². The largest absolute Gasteiger partial charge is 0.497 e. The first-order valence-corrected chi connectivity index (χ1v) is 12.4. The lowest BCUT2D eigenvalue weighted by atomic mass is 10.0. The maximum atomic E-state index is 6.33. The molecule has 4 aromatic rings. The molecule has 0 aliphatic rings. The summed E-state index contributed by atoms with van der Waals surface area (Å²) in [6, 6.07) is 28.5. The maximum Gasteiger partial charge on any atom is 0.169 e. The number of aryl methyl sites for hydroxylation is 4. The Bertz CT molecular complexity index is 1280. The van der Waals surface area contributed by atoms with Gasteiger partial charge in [0.2, 0.25) is 0 Å². The highest BCUT2D eigenvalue weighted by Crippen LogP contribution is 2.38. The van der Waals surface area contributed by atoms with Crippen molar-refractivity contribution in [3.8, 4) is 34.5 Å². The van der Waals surface area contributed by atoms with E-state index >= 15 is 0 Å². The van der Waals surface area contributed by atoms with Gasteiger partial charge in [0.15, 0.2) is 11.5 Å². The molecule has 0 saturated carbocycles. The Morgan fingerprint density at radius 1 is 0.432 bits per heavy atom. The highest BCUT2D eigenvalue weighted by molar-refractivity contribution is 5.52. The van der Waals surface area contributed by atoms with E-state index in [1.165, 1.54) is 16.7 Å². The number of ether oxygens (including phenoxy) is 5. The summed E-state index contributed by atoms with van der Waals surface area (Å²) in [5, 5.41) is 0. The first-order chi connectivity index (χ1) is 18.1. The molecular formula is C32H34O5. The molecule has 0 N–H and O–H groups in total. The Kier molecular flexibility index (Phi) is 8.93. The van der Waals surface area contributed by atoms with Gasteiger partial charge < -0.3 is 23.7 Å². The molecule has 37 heavy (non-hydrogen) atoms. The summed E-state index contributed by atoms with van der Waals surface area (Å²) in [7, 11) is 6.68. The quantitative estimate of drug-likeness (QED) is 0.209. The lowest BCUT2D eigenvalue weighted by Crippen LogP contribution is -1.99. The number of hydrogen-bond acceptors (Lipinski definition) is 5. The van der Waals surface area contributed by atoms with Crippen LogP contribution in [0.25, 0.3) is 0 Å². The molecule has 0 atom stereocenters. The fourth-order valence-electron chi connectivity index (χ4n) is 4.25. The molecule has 0 aliphatic heterocycles. The fraction of sp³-hybridized carbons (Fsp3) is 0.250. The molecular weight excluding hydrogens is 464 g/mol. The van der Waals surface area contributed by atoms with Crippen molar-refractivity contribution in [3.63, 3.8) is 0 Å². The molecule has 0 aromatic heterocycles. The van der Waals surface area contributed by atoms with Crippen LogP contribution in [0.3, 0.4) is 0 Å². The van der Waals surface area contributed by atoms with E-state index in [0.29, 0.717) is 11.5 Å². The summed E-state index contributed by atoms with van der Waals surface area (Å²) in [6.07, 6.45) is 3.52. The van der Waals surface area contributed by atoms with Crippen molar-refractivity contribution in [2.75, 3.05) is 28.4 Å². The molecule has 0 heterocycles. The zero-order valence-electron chi connectivity index (χ0n) is 22.0. The molecule has 5 heteroatoms. The molecule has 4 rings (SSSR count). The fourth-order valence-corrected chi connectivity index (χ4v) is 4.25. The van der Waals surface area contributed by atoms with Crippen molar-refractivity contribution in [2.45, 2.75) is 25.7 Å². The van der Waals surface area contributed by atoms with Crippen LogP contribution >= 0.6 is 0 Å². The van der Waals surface area contributed by atoms with E-state index in [1.807, 2.05) is 48.5 Å². The molecule has 0 aliphatic carbocycles. The Morgan fingerprint density at radius 3 is 1.57 bits per heavy atom. The molecule has 0 saturated heterocycles. The third kappa shape index (κ3) is 6.98. The molecule has 0 unspecified atom stereocenters. The summed E-state index contributed by atoms with van der Waals surface area (Å²) >= 11 is 0. The minimum Gasteiger partial charge on any atom is -0.497 e. The predicted molar refractivity (Wildman–Crippen MR) is 147 cm³/mol. The van der Waals surface area contributed by atoms with E-state index in [4.69, 9.17) is 23.7 Å². The monoisotopic (exact) mass is 498 g/mol. The lowest BCUT2D eigenvalue weighted by Gasteiger charge is -2.16. The predicted octanol–water partition coefficient (Wildman–Crippen LogP) is 7.08. The van der Waals surface area contributed by atoms with Crippen LogP contribution in [0.1, 0.15) is 22.3 Å². The summed E-state index contributed by atoms with van der Waals surface area (Å²) in [6.45, 7) is 0. The van der Waals surface area contributed by atoms with Crippen molar-refractivity contribution < 1.29 is 23.7 Å². The smallest absolute Gasteiger partial charge is 0.169 e. The number of methoxy groups -OCH3 is 4. The zero-order chi connectivity index (χ0) is 26.0. The molecule has 0 bridgehead atoms. The minimum absolute atomic E-state index is 0.633. The third-order valence-electron chi connectivity index (χ3n) is 6.40. The van der Waals surface area contributed by atoms with Crippen LogP contribution in [0.2, 0.25) is 0 Å². The number of hydrogen-bond donors (Lipinski definition) is 0. The van der Waals surface area contributed by atoms with Crippen molar-refractivity contribution in [1.82, 2.24) is 0 Å². The highest BCUT2D eigenvalue weighted by Gasteiger charge is 2.14. The second-order valence-electron chi connectivity index (χ2n) is 8.76. The third-order valence-corrected chi connectivity index (χ3v) is 6.40. The van der Waals surface area contributed by atoms with Gasteiger partial charge in [-0.1, -0.05) is 36.4 Å². The van der Waals surface area contributed by atoms with Gasteiger partial charge in [-0.05, 0) is 90.4 Å². The van der Waals surface area contributed by atoms with Gasteiger partial charge >= 0.3 is 0 Å². The van der Waals surface area contributed by atoms with Crippen LogP contribution < -0.4 is 23.7 Å². The van der Waals surface area contributed by atoms with E-state index in [0.717, 1.165) is 54.2 Å². The van der Waals surface area contributed by atoms with Gasteiger partial charge in [0, 0.05) is 6.07 Å². The highest BCUT2D eigenvalue weighted by atomic mass is 16.5. The van der Waals surface area contributed by atoms with Gasteiger partial charge in [0.25, 0.3) is 0 Å². The standard InChI is InChI=1S/C32H34O5/c1-33-27-16-11-23(12-17-27)8-9-25-6-5-7-29(20-25)37-32-21-26(30(35-3)22-31(32)36-4)15-10-24-13-18-28(34-2)19-14-24/h5-7,11-14,16-22H,8-10,15H2,1-4H3. The van der Waals surface area contributed by atoms with Crippen molar-refractivity contribution in [3.05, 3.63) is 107 Å². The normalized spacial score (nSPS) is 10.6. The molecule has 0 spiro atoms. The molecule has 4 aromatic carbocycles. The van der Waals surface area contributed by atoms with Crippen LogP contribution in [0.4, 0.5) is 0 Å². The van der Waals surface area contributed by atoms with Crippen molar-refractivity contribution in [2.24, 2.45) is 0 Å². The van der Waals surface area contributed by atoms with Gasteiger partial charge in [-0.25, -0.2) is 0 Å². The summed E-state index contributed by atoms with van der Waals surface area (Å²) < 4.78 is 28.1. The van der Waals surface area contributed by atoms with E-state index in [-0.39, 0.29) is 0 Å². The van der Waals surface area contributed by atoms with E-state index < -0.39 is 0 Å². The molecule has 192 valence electrons. The average molecular weight is 499 g/mol. The van der Waals surface area contributed by atoms with Gasteiger partial charge in [-0.15, -0.1) is 0 Å². The van der Waals surface area contributed by atoms with Gasteiger partial charge in [-0.2, -0.15) is 0 Å². The van der Waals surface area contributed by atoms with Gasteiger partial charge in [-0.3, -0.25) is 0 Å². The maximum absolute atomic E-state index is 6.33. The second-order valence-corrected chi connectivity index (χ2v) is 8.76. The summed E-state index contributed by atoms with van der Waals surface area (Å²) in [4.78, 5) is 0.